The standard InChI is InChI=1S/C28H33N3O2/c1-32-23-12-14-24(15-13-23)33-28-11-5-4-10-27(28)31-19-17-30(18-20-31)16-6-7-22-21-29-26-9-3-2-8-25(22)26/h4-5,8-15,21,29H,2-3,6-7,16-20H2,1H3. The van der Waals surface area contributed by atoms with Crippen LogP contribution in [0, 0.1) is 0 Å². The minimum atomic E-state index is 0.823. The lowest BCUT2D eigenvalue weighted by Crippen LogP contribution is -2.46. The molecule has 5 heteroatoms. The Balaban J connectivity index is 1.15. The molecule has 0 amide bonds. The highest BCUT2D eigenvalue weighted by Crippen LogP contribution is 2.33. The summed E-state index contributed by atoms with van der Waals surface area (Å²) in [6, 6.07) is 16.1. The first-order valence-electron chi connectivity index (χ1n) is 12.0. The van der Waals surface area contributed by atoms with Crippen molar-refractivity contribution in [2.45, 2.75) is 25.7 Å². The van der Waals surface area contributed by atoms with Crippen LogP contribution in [0.3, 0.4) is 0 Å². The molecule has 0 radical (unpaired) electrons. The number of H-pyrrole nitrogens is 1. The second-order valence-electron chi connectivity index (χ2n) is 8.80. The SMILES string of the molecule is COc1ccc(Oc2ccccc2N2CCN(CCCc3c[nH]c4c3=CCCC=4)CC2)cc1. The predicted octanol–water partition coefficient (Wildman–Crippen LogP) is 3.93. The van der Waals surface area contributed by atoms with Crippen LogP contribution in [-0.2, 0) is 6.42 Å². The molecule has 0 bridgehead atoms. The number of nitrogens with zero attached hydrogens (tertiary/aromatic N) is 2. The van der Waals surface area contributed by atoms with Gasteiger partial charge in [0.1, 0.15) is 11.5 Å². The number of hydrogen-bond acceptors (Lipinski definition) is 4. The summed E-state index contributed by atoms with van der Waals surface area (Å²) in [5.74, 6) is 2.56. The summed E-state index contributed by atoms with van der Waals surface area (Å²) < 4.78 is 11.5. The molecule has 2 aromatic carbocycles. The van der Waals surface area contributed by atoms with Crippen LogP contribution in [0.15, 0.2) is 54.7 Å². The maximum Gasteiger partial charge on any atom is 0.150 e. The summed E-state index contributed by atoms with van der Waals surface area (Å²) in [6.07, 6.45) is 11.6. The van der Waals surface area contributed by atoms with Gasteiger partial charge in [-0.25, -0.2) is 0 Å². The minimum Gasteiger partial charge on any atom is -0.497 e. The van der Waals surface area contributed by atoms with E-state index in [1.807, 2.05) is 30.3 Å². The molecular weight excluding hydrogens is 410 g/mol. The van der Waals surface area contributed by atoms with Gasteiger partial charge in [0.15, 0.2) is 5.75 Å². The molecule has 1 saturated heterocycles. The van der Waals surface area contributed by atoms with E-state index in [-0.39, 0.29) is 0 Å². The number of hydrogen-bond donors (Lipinski definition) is 1. The third-order valence-corrected chi connectivity index (χ3v) is 6.69. The number of aromatic amines is 1. The van der Waals surface area contributed by atoms with E-state index in [9.17, 15) is 0 Å². The highest BCUT2D eigenvalue weighted by Gasteiger charge is 2.20. The second-order valence-corrected chi connectivity index (χ2v) is 8.80. The average molecular weight is 444 g/mol. The van der Waals surface area contributed by atoms with Crippen molar-refractivity contribution < 1.29 is 9.47 Å². The minimum absolute atomic E-state index is 0.823. The number of anilines is 1. The molecule has 1 fully saturated rings. The lowest BCUT2D eigenvalue weighted by molar-refractivity contribution is 0.254. The van der Waals surface area contributed by atoms with Crippen molar-refractivity contribution in [3.63, 3.8) is 0 Å². The van der Waals surface area contributed by atoms with Gasteiger partial charge in [0.25, 0.3) is 0 Å². The quantitative estimate of drug-likeness (QED) is 0.573. The number of ether oxygens (including phenoxy) is 2. The largest absolute Gasteiger partial charge is 0.497 e. The van der Waals surface area contributed by atoms with Gasteiger partial charge in [-0.05, 0) is 79.4 Å². The normalized spacial score (nSPS) is 16.0. The number of rotatable bonds is 8. The molecule has 172 valence electrons. The Labute approximate surface area is 195 Å². The van der Waals surface area contributed by atoms with Crippen molar-refractivity contribution in [1.82, 2.24) is 9.88 Å². The molecule has 5 nitrogen and oxygen atoms in total. The van der Waals surface area contributed by atoms with Crippen LogP contribution in [0.1, 0.15) is 24.8 Å². The van der Waals surface area contributed by atoms with E-state index in [1.165, 1.54) is 34.7 Å². The first-order chi connectivity index (χ1) is 16.3. The first-order valence-corrected chi connectivity index (χ1v) is 12.0. The van der Waals surface area contributed by atoms with E-state index < -0.39 is 0 Å². The van der Waals surface area contributed by atoms with Gasteiger partial charge in [0.05, 0.1) is 12.8 Å². The van der Waals surface area contributed by atoms with E-state index in [2.05, 4.69) is 51.3 Å². The first kappa shape index (κ1) is 21.7. The number of fused-ring (bicyclic) bond motifs is 1. The Morgan fingerprint density at radius 1 is 0.879 bits per heavy atom. The molecule has 3 aromatic rings. The van der Waals surface area contributed by atoms with Gasteiger partial charge >= 0.3 is 0 Å². The molecule has 33 heavy (non-hydrogen) atoms. The Bertz CT molecular complexity index is 1170. The van der Waals surface area contributed by atoms with Crippen molar-refractivity contribution in [2.75, 3.05) is 44.7 Å². The Hall–Kier alpha value is -3.18. The lowest BCUT2D eigenvalue weighted by atomic mass is 10.1. The molecule has 0 spiro atoms. The zero-order valence-electron chi connectivity index (χ0n) is 19.4. The predicted molar refractivity (Wildman–Crippen MR) is 135 cm³/mol. The Morgan fingerprint density at radius 2 is 1.64 bits per heavy atom. The van der Waals surface area contributed by atoms with Crippen LogP contribution >= 0.6 is 0 Å². The number of para-hydroxylation sites is 2. The van der Waals surface area contributed by atoms with Gasteiger partial charge in [-0.2, -0.15) is 0 Å². The zero-order chi connectivity index (χ0) is 22.5. The molecule has 2 heterocycles. The van der Waals surface area contributed by atoms with Crippen molar-refractivity contribution in [2.24, 2.45) is 0 Å². The fourth-order valence-electron chi connectivity index (χ4n) is 4.85. The molecule has 5 rings (SSSR count). The molecule has 0 saturated carbocycles. The summed E-state index contributed by atoms with van der Waals surface area (Å²) in [4.78, 5) is 8.48. The summed E-state index contributed by atoms with van der Waals surface area (Å²) in [6.45, 7) is 5.36. The second kappa shape index (κ2) is 10.2. The van der Waals surface area contributed by atoms with Crippen LogP contribution in [0.4, 0.5) is 5.69 Å². The number of nitrogens with one attached hydrogen (secondary N) is 1. The maximum atomic E-state index is 6.22. The molecule has 1 aliphatic heterocycles. The summed E-state index contributed by atoms with van der Waals surface area (Å²) in [5, 5.41) is 2.76. The Morgan fingerprint density at radius 3 is 2.45 bits per heavy atom. The van der Waals surface area contributed by atoms with Crippen molar-refractivity contribution in [1.29, 1.82) is 0 Å². The van der Waals surface area contributed by atoms with Gasteiger partial charge in [0, 0.05) is 37.7 Å². The van der Waals surface area contributed by atoms with Gasteiger partial charge in [-0.3, -0.25) is 4.90 Å². The van der Waals surface area contributed by atoms with E-state index in [0.29, 0.717) is 0 Å². The van der Waals surface area contributed by atoms with Gasteiger partial charge in [-0.15, -0.1) is 0 Å². The average Bonchev–Trinajstić information content (AvgIpc) is 3.28. The molecular formula is C28H33N3O2. The molecule has 0 unspecified atom stereocenters. The lowest BCUT2D eigenvalue weighted by Gasteiger charge is -2.36. The van der Waals surface area contributed by atoms with Crippen molar-refractivity contribution >= 4 is 17.8 Å². The number of aryl methyl sites for hydroxylation is 1. The van der Waals surface area contributed by atoms with Gasteiger partial charge < -0.3 is 19.4 Å². The third kappa shape index (κ3) is 5.09. The molecule has 1 aliphatic carbocycles. The topological polar surface area (TPSA) is 40.7 Å². The fourth-order valence-corrected chi connectivity index (χ4v) is 4.85. The number of methoxy groups -OCH3 is 1. The summed E-state index contributed by atoms with van der Waals surface area (Å²) in [5.41, 5.74) is 2.64. The number of aromatic nitrogens is 1. The van der Waals surface area contributed by atoms with E-state index in [1.54, 1.807) is 7.11 Å². The zero-order valence-corrected chi connectivity index (χ0v) is 19.4. The smallest absolute Gasteiger partial charge is 0.150 e. The van der Waals surface area contributed by atoms with Crippen LogP contribution < -0.4 is 24.9 Å². The Kier molecular flexibility index (Phi) is 6.68. The van der Waals surface area contributed by atoms with Crippen LogP contribution in [-0.4, -0.2) is 49.7 Å². The van der Waals surface area contributed by atoms with Crippen LogP contribution in [0.5, 0.6) is 17.2 Å². The van der Waals surface area contributed by atoms with Gasteiger partial charge in [-0.1, -0.05) is 24.3 Å². The van der Waals surface area contributed by atoms with Gasteiger partial charge in [0.2, 0.25) is 0 Å². The van der Waals surface area contributed by atoms with E-state index in [0.717, 1.165) is 62.8 Å². The monoisotopic (exact) mass is 443 g/mol. The fraction of sp³-hybridized carbons (Fsp3) is 0.357. The molecule has 0 atom stereocenters. The van der Waals surface area contributed by atoms with Crippen LogP contribution in [0.25, 0.3) is 12.2 Å². The number of benzene rings is 2. The summed E-state index contributed by atoms with van der Waals surface area (Å²) in [7, 11) is 1.68. The highest BCUT2D eigenvalue weighted by atomic mass is 16.5. The third-order valence-electron chi connectivity index (χ3n) is 6.69. The summed E-state index contributed by atoms with van der Waals surface area (Å²) >= 11 is 0. The van der Waals surface area contributed by atoms with Crippen molar-refractivity contribution in [3.05, 3.63) is 70.9 Å². The van der Waals surface area contributed by atoms with Crippen LogP contribution in [0.2, 0.25) is 0 Å². The molecule has 1 aromatic heterocycles. The number of piperazine rings is 1. The van der Waals surface area contributed by atoms with E-state index in [4.69, 9.17) is 9.47 Å². The highest BCUT2D eigenvalue weighted by molar-refractivity contribution is 5.60. The molecule has 2 aliphatic rings. The van der Waals surface area contributed by atoms with E-state index >= 15 is 0 Å². The molecule has 1 N–H and O–H groups in total. The van der Waals surface area contributed by atoms with Crippen molar-refractivity contribution in [3.8, 4) is 17.2 Å². The maximum absolute atomic E-state index is 6.22.